The van der Waals surface area contributed by atoms with Gasteiger partial charge in [-0.1, -0.05) is 13.8 Å². The number of carboxylic acid groups (broad SMARTS) is 1. The van der Waals surface area contributed by atoms with Gasteiger partial charge in [0, 0.05) is 13.6 Å². The minimum Gasteiger partial charge on any atom is -0.481 e. The second kappa shape index (κ2) is 5.62. The van der Waals surface area contributed by atoms with Gasteiger partial charge in [0.1, 0.15) is 0 Å². The summed E-state index contributed by atoms with van der Waals surface area (Å²) in [6, 6.07) is 0. The van der Waals surface area contributed by atoms with Crippen LogP contribution in [0.3, 0.4) is 0 Å². The van der Waals surface area contributed by atoms with Crippen molar-refractivity contribution in [2.75, 3.05) is 13.6 Å². The SMILES string of the molecule is CCN(C)C(=O)C(CC(=O)O)C(C)C. The van der Waals surface area contributed by atoms with Crippen molar-refractivity contribution in [3.05, 3.63) is 0 Å². The van der Waals surface area contributed by atoms with Crippen molar-refractivity contribution in [3.63, 3.8) is 0 Å². The maximum Gasteiger partial charge on any atom is 0.304 e. The smallest absolute Gasteiger partial charge is 0.304 e. The molecule has 1 unspecified atom stereocenters. The summed E-state index contributed by atoms with van der Waals surface area (Å²) in [5, 5.41) is 8.67. The molecule has 0 radical (unpaired) electrons. The fourth-order valence-corrected chi connectivity index (χ4v) is 1.24. The highest BCUT2D eigenvalue weighted by Gasteiger charge is 2.26. The summed E-state index contributed by atoms with van der Waals surface area (Å²) in [6.45, 7) is 6.22. The van der Waals surface area contributed by atoms with E-state index in [4.69, 9.17) is 5.11 Å². The first-order valence-corrected chi connectivity index (χ1v) is 4.86. The molecule has 0 aliphatic heterocycles. The number of aliphatic carboxylic acids is 1. The quantitative estimate of drug-likeness (QED) is 0.727. The van der Waals surface area contributed by atoms with Crippen molar-refractivity contribution in [1.82, 2.24) is 4.90 Å². The van der Waals surface area contributed by atoms with E-state index < -0.39 is 11.9 Å². The lowest BCUT2D eigenvalue weighted by molar-refractivity contribution is -0.145. The van der Waals surface area contributed by atoms with E-state index in [-0.39, 0.29) is 18.2 Å². The molecule has 1 amide bonds. The Hall–Kier alpha value is -1.06. The summed E-state index contributed by atoms with van der Waals surface area (Å²) >= 11 is 0. The van der Waals surface area contributed by atoms with Crippen molar-refractivity contribution in [3.8, 4) is 0 Å². The van der Waals surface area contributed by atoms with Gasteiger partial charge in [-0.2, -0.15) is 0 Å². The third-order valence-corrected chi connectivity index (χ3v) is 2.37. The van der Waals surface area contributed by atoms with Crippen LogP contribution in [0.4, 0.5) is 0 Å². The summed E-state index contributed by atoms with van der Waals surface area (Å²) in [7, 11) is 1.69. The lowest BCUT2D eigenvalue weighted by atomic mass is 9.91. The summed E-state index contributed by atoms with van der Waals surface area (Å²) in [5.74, 6) is -1.34. The predicted octanol–water partition coefficient (Wildman–Crippen LogP) is 1.21. The molecule has 1 N–H and O–H groups in total. The van der Waals surface area contributed by atoms with Gasteiger partial charge in [-0.05, 0) is 12.8 Å². The predicted molar refractivity (Wildman–Crippen MR) is 53.9 cm³/mol. The molecule has 1 atom stereocenters. The Labute approximate surface area is 84.9 Å². The number of hydrogen-bond acceptors (Lipinski definition) is 2. The number of carboxylic acids is 1. The normalized spacial score (nSPS) is 12.6. The van der Waals surface area contributed by atoms with Gasteiger partial charge in [0.2, 0.25) is 5.91 Å². The fourth-order valence-electron chi connectivity index (χ4n) is 1.24. The van der Waals surface area contributed by atoms with Crippen molar-refractivity contribution < 1.29 is 14.7 Å². The van der Waals surface area contributed by atoms with Gasteiger partial charge in [-0.25, -0.2) is 0 Å². The number of nitrogens with zero attached hydrogens (tertiary/aromatic N) is 1. The first kappa shape index (κ1) is 12.9. The lowest BCUT2D eigenvalue weighted by Gasteiger charge is -2.24. The van der Waals surface area contributed by atoms with Gasteiger partial charge in [-0.15, -0.1) is 0 Å². The zero-order valence-corrected chi connectivity index (χ0v) is 9.28. The second-order valence-corrected chi connectivity index (χ2v) is 3.80. The molecule has 0 spiro atoms. The van der Waals surface area contributed by atoms with Gasteiger partial charge >= 0.3 is 5.97 Å². The van der Waals surface area contributed by atoms with Crippen LogP contribution in [0.15, 0.2) is 0 Å². The standard InChI is InChI=1S/C10H19NO3/c1-5-11(4)10(14)8(7(2)3)6-9(12)13/h7-8H,5-6H2,1-4H3,(H,12,13). The molecule has 0 bridgehead atoms. The van der Waals surface area contributed by atoms with Crippen LogP contribution in [0.5, 0.6) is 0 Å². The molecule has 0 fully saturated rings. The molecule has 0 saturated heterocycles. The van der Waals surface area contributed by atoms with Crippen LogP contribution in [0.25, 0.3) is 0 Å². The molecule has 0 aromatic carbocycles. The molecule has 0 aromatic heterocycles. The van der Waals surface area contributed by atoms with Crippen LogP contribution in [-0.4, -0.2) is 35.5 Å². The number of hydrogen-bond donors (Lipinski definition) is 1. The third kappa shape index (κ3) is 3.77. The highest BCUT2D eigenvalue weighted by Crippen LogP contribution is 2.17. The van der Waals surface area contributed by atoms with Crippen LogP contribution < -0.4 is 0 Å². The Morgan fingerprint density at radius 1 is 1.36 bits per heavy atom. The van der Waals surface area contributed by atoms with Gasteiger partial charge in [0.05, 0.1) is 12.3 Å². The largest absolute Gasteiger partial charge is 0.481 e. The Morgan fingerprint density at radius 3 is 2.14 bits per heavy atom. The van der Waals surface area contributed by atoms with Crippen molar-refractivity contribution in [1.29, 1.82) is 0 Å². The van der Waals surface area contributed by atoms with E-state index in [9.17, 15) is 9.59 Å². The molecule has 0 heterocycles. The van der Waals surface area contributed by atoms with E-state index in [1.807, 2.05) is 20.8 Å². The maximum atomic E-state index is 11.7. The summed E-state index contributed by atoms with van der Waals surface area (Å²) < 4.78 is 0. The molecular formula is C10H19NO3. The van der Waals surface area contributed by atoms with Crippen LogP contribution >= 0.6 is 0 Å². The molecule has 4 nitrogen and oxygen atoms in total. The molecular weight excluding hydrogens is 182 g/mol. The zero-order chi connectivity index (χ0) is 11.3. The van der Waals surface area contributed by atoms with Gasteiger partial charge in [-0.3, -0.25) is 9.59 Å². The van der Waals surface area contributed by atoms with E-state index in [1.165, 1.54) is 0 Å². The fraction of sp³-hybridized carbons (Fsp3) is 0.800. The van der Waals surface area contributed by atoms with Crippen LogP contribution in [-0.2, 0) is 9.59 Å². The molecule has 0 saturated carbocycles. The first-order valence-electron chi connectivity index (χ1n) is 4.86. The van der Waals surface area contributed by atoms with E-state index in [0.29, 0.717) is 6.54 Å². The minimum atomic E-state index is -0.915. The molecule has 82 valence electrons. The molecule has 4 heteroatoms. The molecule has 0 aliphatic rings. The minimum absolute atomic E-state index is 0.0626. The second-order valence-electron chi connectivity index (χ2n) is 3.80. The number of carbonyl (C=O) groups is 2. The van der Waals surface area contributed by atoms with Crippen molar-refractivity contribution in [2.24, 2.45) is 11.8 Å². The lowest BCUT2D eigenvalue weighted by Crippen LogP contribution is -2.36. The van der Waals surface area contributed by atoms with Gasteiger partial charge in [0.25, 0.3) is 0 Å². The average molecular weight is 201 g/mol. The van der Waals surface area contributed by atoms with Crippen LogP contribution in [0.1, 0.15) is 27.2 Å². The van der Waals surface area contributed by atoms with Gasteiger partial charge < -0.3 is 10.0 Å². The van der Waals surface area contributed by atoms with E-state index in [1.54, 1.807) is 11.9 Å². The molecule has 0 aliphatic carbocycles. The van der Waals surface area contributed by atoms with E-state index in [0.717, 1.165) is 0 Å². The van der Waals surface area contributed by atoms with Crippen molar-refractivity contribution in [2.45, 2.75) is 27.2 Å². The summed E-state index contributed by atoms with van der Waals surface area (Å²) in [5.41, 5.74) is 0. The highest BCUT2D eigenvalue weighted by molar-refractivity contribution is 5.83. The van der Waals surface area contributed by atoms with E-state index >= 15 is 0 Å². The van der Waals surface area contributed by atoms with Crippen LogP contribution in [0.2, 0.25) is 0 Å². The number of carbonyl (C=O) groups excluding carboxylic acids is 1. The summed E-state index contributed by atoms with van der Waals surface area (Å²) in [4.78, 5) is 23.8. The Kier molecular flexibility index (Phi) is 5.20. The molecule has 14 heavy (non-hydrogen) atoms. The maximum absolute atomic E-state index is 11.7. The van der Waals surface area contributed by atoms with Crippen LogP contribution in [0, 0.1) is 11.8 Å². The number of rotatable bonds is 5. The third-order valence-electron chi connectivity index (χ3n) is 2.37. The molecule has 0 aromatic rings. The zero-order valence-electron chi connectivity index (χ0n) is 9.28. The van der Waals surface area contributed by atoms with Gasteiger partial charge in [0.15, 0.2) is 0 Å². The molecule has 0 rings (SSSR count). The monoisotopic (exact) mass is 201 g/mol. The average Bonchev–Trinajstić information content (AvgIpc) is 2.11. The Balaban J connectivity index is 4.49. The van der Waals surface area contributed by atoms with E-state index in [2.05, 4.69) is 0 Å². The highest BCUT2D eigenvalue weighted by atomic mass is 16.4. The van der Waals surface area contributed by atoms with Crippen molar-refractivity contribution >= 4 is 11.9 Å². The first-order chi connectivity index (χ1) is 6.40. The topological polar surface area (TPSA) is 57.6 Å². The Morgan fingerprint density at radius 2 is 1.86 bits per heavy atom. The Bertz CT molecular complexity index is 213. The number of amides is 1. The summed E-state index contributed by atoms with van der Waals surface area (Å²) in [6.07, 6.45) is -0.0825.